The molecule has 0 aliphatic carbocycles. The van der Waals surface area contributed by atoms with Gasteiger partial charge in [-0.3, -0.25) is 0 Å². The third kappa shape index (κ3) is 4.56. The van der Waals surface area contributed by atoms with Crippen LogP contribution in [0.1, 0.15) is 17.0 Å². The molecule has 0 spiro atoms. The predicted molar refractivity (Wildman–Crippen MR) is 78.0 cm³/mol. The fraction of sp³-hybridized carbons (Fsp3) is 0.143. The number of rotatable bonds is 5. The van der Waals surface area contributed by atoms with Gasteiger partial charge in [0.15, 0.2) is 0 Å². The van der Waals surface area contributed by atoms with E-state index in [1.807, 2.05) is 37.3 Å². The van der Waals surface area contributed by atoms with Crippen molar-refractivity contribution in [1.29, 1.82) is 0 Å². The van der Waals surface area contributed by atoms with Crippen LogP contribution in [0.15, 0.2) is 48.1 Å². The van der Waals surface area contributed by atoms with Crippen LogP contribution in [-0.4, -0.2) is 18.4 Å². The topological polar surface area (TPSA) is 72.0 Å². The molecule has 0 aliphatic heterocycles. The molecule has 104 valence electrons. The molecule has 2 rings (SSSR count). The summed E-state index contributed by atoms with van der Waals surface area (Å²) in [5.74, 6) is 0. The van der Waals surface area contributed by atoms with Crippen molar-refractivity contribution in [1.82, 2.24) is 14.7 Å². The SMILES string of the molecule is Cc1cc(CNS(=O)(=O)/C=C/c2ccccc2)ncn1. The molecule has 0 saturated carbocycles. The first kappa shape index (κ1) is 14.4. The van der Waals surface area contributed by atoms with Crippen LogP contribution in [0.5, 0.6) is 0 Å². The Morgan fingerprint density at radius 1 is 1.20 bits per heavy atom. The van der Waals surface area contributed by atoms with Crippen LogP contribution < -0.4 is 4.72 Å². The Morgan fingerprint density at radius 2 is 1.95 bits per heavy atom. The lowest BCUT2D eigenvalue weighted by Crippen LogP contribution is -2.21. The molecule has 0 atom stereocenters. The molecular formula is C14H15N3O2S. The van der Waals surface area contributed by atoms with E-state index in [2.05, 4.69) is 14.7 Å². The summed E-state index contributed by atoms with van der Waals surface area (Å²) >= 11 is 0. The van der Waals surface area contributed by atoms with Gasteiger partial charge in [0.1, 0.15) is 6.33 Å². The van der Waals surface area contributed by atoms with Crippen LogP contribution in [-0.2, 0) is 16.6 Å². The second kappa shape index (κ2) is 6.40. The van der Waals surface area contributed by atoms with Crippen molar-refractivity contribution in [2.75, 3.05) is 0 Å². The Morgan fingerprint density at radius 3 is 2.65 bits per heavy atom. The van der Waals surface area contributed by atoms with Crippen LogP contribution in [0, 0.1) is 6.92 Å². The zero-order valence-corrected chi connectivity index (χ0v) is 11.8. The van der Waals surface area contributed by atoms with Gasteiger partial charge in [-0.05, 0) is 24.6 Å². The molecule has 6 heteroatoms. The summed E-state index contributed by atoms with van der Waals surface area (Å²) in [6.45, 7) is 1.97. The highest BCUT2D eigenvalue weighted by atomic mass is 32.2. The highest BCUT2D eigenvalue weighted by Gasteiger charge is 2.05. The van der Waals surface area contributed by atoms with Gasteiger partial charge < -0.3 is 0 Å². The third-order valence-corrected chi connectivity index (χ3v) is 3.60. The number of aromatic nitrogens is 2. The van der Waals surface area contributed by atoms with Gasteiger partial charge in [-0.1, -0.05) is 30.3 Å². The number of nitrogens with zero attached hydrogens (tertiary/aromatic N) is 2. The zero-order chi connectivity index (χ0) is 14.4. The zero-order valence-electron chi connectivity index (χ0n) is 11.0. The third-order valence-electron chi connectivity index (χ3n) is 2.55. The summed E-state index contributed by atoms with van der Waals surface area (Å²) in [7, 11) is -3.48. The van der Waals surface area contributed by atoms with E-state index in [0.717, 1.165) is 16.7 Å². The smallest absolute Gasteiger partial charge is 0.234 e. The van der Waals surface area contributed by atoms with E-state index < -0.39 is 10.0 Å². The summed E-state index contributed by atoms with van der Waals surface area (Å²) in [6, 6.07) is 11.0. The first-order chi connectivity index (χ1) is 9.55. The van der Waals surface area contributed by atoms with Crippen LogP contribution in [0.3, 0.4) is 0 Å². The summed E-state index contributed by atoms with van der Waals surface area (Å²) in [5.41, 5.74) is 2.26. The molecule has 5 nitrogen and oxygen atoms in total. The maximum Gasteiger partial charge on any atom is 0.234 e. The Bertz CT molecular complexity index is 697. The van der Waals surface area contributed by atoms with Gasteiger partial charge in [-0.2, -0.15) is 0 Å². The van der Waals surface area contributed by atoms with Crippen molar-refractivity contribution in [3.63, 3.8) is 0 Å². The molecule has 1 N–H and O–H groups in total. The van der Waals surface area contributed by atoms with Gasteiger partial charge >= 0.3 is 0 Å². The maximum absolute atomic E-state index is 11.8. The average molecular weight is 289 g/mol. The molecule has 1 heterocycles. The second-order valence-corrected chi connectivity index (χ2v) is 5.88. The van der Waals surface area contributed by atoms with Crippen molar-refractivity contribution in [2.24, 2.45) is 0 Å². The lowest BCUT2D eigenvalue weighted by atomic mass is 10.2. The molecule has 1 aromatic heterocycles. The van der Waals surface area contributed by atoms with Crippen molar-refractivity contribution in [3.05, 3.63) is 65.1 Å². The Kier molecular flexibility index (Phi) is 4.60. The highest BCUT2D eigenvalue weighted by Crippen LogP contribution is 2.03. The molecule has 0 saturated heterocycles. The number of aryl methyl sites for hydroxylation is 1. The van der Waals surface area contributed by atoms with E-state index >= 15 is 0 Å². The first-order valence-electron chi connectivity index (χ1n) is 6.05. The average Bonchev–Trinajstić information content (AvgIpc) is 2.45. The van der Waals surface area contributed by atoms with E-state index in [-0.39, 0.29) is 6.54 Å². The molecule has 0 unspecified atom stereocenters. The van der Waals surface area contributed by atoms with Crippen molar-refractivity contribution >= 4 is 16.1 Å². The molecular weight excluding hydrogens is 274 g/mol. The minimum absolute atomic E-state index is 0.144. The number of hydrogen-bond donors (Lipinski definition) is 1. The molecule has 0 radical (unpaired) electrons. The Balaban J connectivity index is 1.99. The van der Waals surface area contributed by atoms with Crippen molar-refractivity contribution < 1.29 is 8.42 Å². The van der Waals surface area contributed by atoms with E-state index in [1.165, 1.54) is 6.33 Å². The number of nitrogens with one attached hydrogen (secondary N) is 1. The van der Waals surface area contributed by atoms with Crippen molar-refractivity contribution in [3.8, 4) is 0 Å². The quantitative estimate of drug-likeness (QED) is 0.912. The fourth-order valence-electron chi connectivity index (χ4n) is 1.56. The minimum Gasteiger partial charge on any atom is -0.242 e. The van der Waals surface area contributed by atoms with Crippen LogP contribution >= 0.6 is 0 Å². The van der Waals surface area contributed by atoms with E-state index in [1.54, 1.807) is 12.1 Å². The van der Waals surface area contributed by atoms with Gasteiger partial charge in [-0.15, -0.1) is 0 Å². The normalized spacial score (nSPS) is 11.8. The molecule has 0 fully saturated rings. The summed E-state index contributed by atoms with van der Waals surface area (Å²) in [5, 5.41) is 1.15. The van der Waals surface area contributed by atoms with Gasteiger partial charge in [-0.25, -0.2) is 23.1 Å². The summed E-state index contributed by atoms with van der Waals surface area (Å²) in [4.78, 5) is 7.96. The Hall–Kier alpha value is -2.05. The van der Waals surface area contributed by atoms with E-state index in [9.17, 15) is 8.42 Å². The van der Waals surface area contributed by atoms with Crippen LogP contribution in [0.25, 0.3) is 6.08 Å². The van der Waals surface area contributed by atoms with Gasteiger partial charge in [0.25, 0.3) is 0 Å². The maximum atomic E-state index is 11.8. The van der Waals surface area contributed by atoms with Gasteiger partial charge in [0.2, 0.25) is 10.0 Å². The molecule has 2 aromatic rings. The molecule has 0 aliphatic rings. The first-order valence-corrected chi connectivity index (χ1v) is 7.60. The minimum atomic E-state index is -3.48. The van der Waals surface area contributed by atoms with E-state index in [0.29, 0.717) is 5.69 Å². The second-order valence-electron chi connectivity index (χ2n) is 4.23. The standard InChI is InChI=1S/C14H15N3O2S/c1-12-9-14(16-11-15-12)10-17-20(18,19)8-7-13-5-3-2-4-6-13/h2-9,11,17H,10H2,1H3/b8-7+. The lowest BCUT2D eigenvalue weighted by molar-refractivity contribution is 0.589. The molecule has 20 heavy (non-hydrogen) atoms. The van der Waals surface area contributed by atoms with Crippen molar-refractivity contribution in [2.45, 2.75) is 13.5 Å². The largest absolute Gasteiger partial charge is 0.242 e. The fourth-order valence-corrected chi connectivity index (χ4v) is 2.34. The van der Waals surface area contributed by atoms with Crippen LogP contribution in [0.2, 0.25) is 0 Å². The number of benzene rings is 1. The van der Waals surface area contributed by atoms with E-state index in [4.69, 9.17) is 0 Å². The molecule has 1 aromatic carbocycles. The molecule has 0 bridgehead atoms. The lowest BCUT2D eigenvalue weighted by Gasteiger charge is -2.02. The number of hydrogen-bond acceptors (Lipinski definition) is 4. The monoisotopic (exact) mass is 289 g/mol. The highest BCUT2D eigenvalue weighted by molar-refractivity contribution is 7.92. The molecule has 0 amide bonds. The number of sulfonamides is 1. The summed E-state index contributed by atoms with van der Waals surface area (Å²) in [6.07, 6.45) is 2.96. The van der Waals surface area contributed by atoms with Crippen LogP contribution in [0.4, 0.5) is 0 Å². The van der Waals surface area contributed by atoms with Gasteiger partial charge in [0, 0.05) is 11.1 Å². The predicted octanol–water partition coefficient (Wildman–Crippen LogP) is 1.88. The summed E-state index contributed by atoms with van der Waals surface area (Å²) < 4.78 is 26.1. The van der Waals surface area contributed by atoms with Gasteiger partial charge in [0.05, 0.1) is 12.2 Å². The Labute approximate surface area is 118 Å².